The standard InChI is InChI=1S/C12H17Cl2N3/c1-8(2)6-17(9-3-4-9)12-10(5-13)11(14)15-7-16-12/h7-9H,3-6H2,1-2H3. The van der Waals surface area contributed by atoms with Crippen LogP contribution in [0.1, 0.15) is 32.3 Å². The van der Waals surface area contributed by atoms with Crippen molar-refractivity contribution < 1.29 is 0 Å². The summed E-state index contributed by atoms with van der Waals surface area (Å²) in [7, 11) is 0. The predicted octanol–water partition coefficient (Wildman–Crippen LogP) is 3.49. The molecular weight excluding hydrogens is 257 g/mol. The summed E-state index contributed by atoms with van der Waals surface area (Å²) in [6.07, 6.45) is 3.98. The Morgan fingerprint density at radius 2 is 2.12 bits per heavy atom. The lowest BCUT2D eigenvalue weighted by molar-refractivity contribution is 0.601. The van der Waals surface area contributed by atoms with E-state index < -0.39 is 0 Å². The lowest BCUT2D eigenvalue weighted by atomic mass is 10.2. The number of hydrogen-bond donors (Lipinski definition) is 0. The molecule has 17 heavy (non-hydrogen) atoms. The van der Waals surface area contributed by atoms with Crippen LogP contribution in [0.25, 0.3) is 0 Å². The van der Waals surface area contributed by atoms with E-state index in [0.29, 0.717) is 23.0 Å². The molecule has 0 aromatic carbocycles. The van der Waals surface area contributed by atoms with Crippen molar-refractivity contribution in [1.82, 2.24) is 9.97 Å². The second kappa shape index (κ2) is 5.40. The van der Waals surface area contributed by atoms with Gasteiger partial charge >= 0.3 is 0 Å². The third-order valence-corrected chi connectivity index (χ3v) is 3.42. The average molecular weight is 274 g/mol. The molecule has 2 rings (SSSR count). The van der Waals surface area contributed by atoms with E-state index in [1.807, 2.05) is 0 Å². The molecule has 1 aliphatic rings. The maximum atomic E-state index is 6.07. The predicted molar refractivity (Wildman–Crippen MR) is 71.8 cm³/mol. The molecule has 1 aromatic rings. The SMILES string of the molecule is CC(C)CN(c1ncnc(Cl)c1CCl)C1CC1. The number of rotatable bonds is 5. The van der Waals surface area contributed by atoms with Gasteiger partial charge in [-0.05, 0) is 18.8 Å². The lowest BCUT2D eigenvalue weighted by Crippen LogP contribution is -2.31. The van der Waals surface area contributed by atoms with Crippen LogP contribution in [-0.4, -0.2) is 22.6 Å². The molecule has 1 fully saturated rings. The summed E-state index contributed by atoms with van der Waals surface area (Å²) < 4.78 is 0. The van der Waals surface area contributed by atoms with E-state index in [0.717, 1.165) is 17.9 Å². The fourth-order valence-corrected chi connectivity index (χ4v) is 2.44. The monoisotopic (exact) mass is 273 g/mol. The molecule has 1 aromatic heterocycles. The Labute approximate surface area is 112 Å². The summed E-state index contributed by atoms with van der Waals surface area (Å²) >= 11 is 12.0. The van der Waals surface area contributed by atoms with Crippen LogP contribution >= 0.6 is 23.2 Å². The number of hydrogen-bond acceptors (Lipinski definition) is 3. The van der Waals surface area contributed by atoms with Crippen LogP contribution in [0.5, 0.6) is 0 Å². The van der Waals surface area contributed by atoms with E-state index in [1.54, 1.807) is 0 Å². The third kappa shape index (κ3) is 3.02. The molecule has 0 saturated heterocycles. The van der Waals surface area contributed by atoms with Crippen LogP contribution in [0.4, 0.5) is 5.82 Å². The molecule has 0 aliphatic heterocycles. The van der Waals surface area contributed by atoms with Gasteiger partial charge in [0.25, 0.3) is 0 Å². The van der Waals surface area contributed by atoms with E-state index in [1.165, 1.54) is 19.2 Å². The Balaban J connectivity index is 2.31. The third-order valence-electron chi connectivity index (χ3n) is 2.83. The van der Waals surface area contributed by atoms with Crippen LogP contribution in [0.3, 0.4) is 0 Å². The first-order chi connectivity index (χ1) is 8.13. The summed E-state index contributed by atoms with van der Waals surface area (Å²) in [5, 5.41) is 0.472. The van der Waals surface area contributed by atoms with Gasteiger partial charge in [-0.15, -0.1) is 11.6 Å². The molecule has 1 saturated carbocycles. The Hall–Kier alpha value is -0.540. The van der Waals surface area contributed by atoms with Gasteiger partial charge in [0.1, 0.15) is 17.3 Å². The summed E-state index contributed by atoms with van der Waals surface area (Å²) in [6, 6.07) is 0.602. The van der Waals surface area contributed by atoms with Crippen LogP contribution in [0, 0.1) is 5.92 Å². The summed E-state index contributed by atoms with van der Waals surface area (Å²) in [5.41, 5.74) is 0.850. The molecule has 3 nitrogen and oxygen atoms in total. The highest BCUT2D eigenvalue weighted by Crippen LogP contribution is 2.35. The highest BCUT2D eigenvalue weighted by Gasteiger charge is 2.32. The van der Waals surface area contributed by atoms with Crippen molar-refractivity contribution in [3.63, 3.8) is 0 Å². The van der Waals surface area contributed by atoms with Crippen molar-refractivity contribution in [1.29, 1.82) is 0 Å². The normalized spacial score (nSPS) is 15.4. The van der Waals surface area contributed by atoms with Crippen molar-refractivity contribution in [3.8, 4) is 0 Å². The summed E-state index contributed by atoms with van der Waals surface area (Å²) in [5.74, 6) is 1.86. The maximum absolute atomic E-state index is 6.07. The van der Waals surface area contributed by atoms with Gasteiger partial charge in [0.15, 0.2) is 0 Å². The van der Waals surface area contributed by atoms with Gasteiger partial charge in [0.05, 0.1) is 5.88 Å². The minimum absolute atomic E-state index is 0.357. The number of alkyl halides is 1. The second-order valence-electron chi connectivity index (χ2n) is 4.88. The second-order valence-corrected chi connectivity index (χ2v) is 5.50. The number of anilines is 1. The highest BCUT2D eigenvalue weighted by atomic mass is 35.5. The Kier molecular flexibility index (Phi) is 4.10. The molecule has 0 spiro atoms. The van der Waals surface area contributed by atoms with Gasteiger partial charge in [-0.2, -0.15) is 0 Å². The van der Waals surface area contributed by atoms with Gasteiger partial charge in [-0.3, -0.25) is 0 Å². The zero-order valence-electron chi connectivity index (χ0n) is 10.2. The largest absolute Gasteiger partial charge is 0.353 e. The molecule has 0 radical (unpaired) electrons. The average Bonchev–Trinajstić information content (AvgIpc) is 3.09. The fraction of sp³-hybridized carbons (Fsp3) is 0.667. The van der Waals surface area contributed by atoms with Gasteiger partial charge in [0.2, 0.25) is 0 Å². The molecule has 0 N–H and O–H groups in total. The molecular formula is C12H17Cl2N3. The zero-order valence-corrected chi connectivity index (χ0v) is 11.7. The van der Waals surface area contributed by atoms with Gasteiger partial charge in [0, 0.05) is 18.2 Å². The number of nitrogens with zero attached hydrogens (tertiary/aromatic N) is 3. The molecule has 1 heterocycles. The maximum Gasteiger partial charge on any atom is 0.138 e. The van der Waals surface area contributed by atoms with Crippen molar-refractivity contribution in [2.45, 2.75) is 38.6 Å². The number of halogens is 2. The minimum Gasteiger partial charge on any atom is -0.353 e. The van der Waals surface area contributed by atoms with Crippen molar-refractivity contribution >= 4 is 29.0 Å². The Bertz CT molecular complexity index is 391. The van der Waals surface area contributed by atoms with Crippen LogP contribution in [0.15, 0.2) is 6.33 Å². The zero-order chi connectivity index (χ0) is 12.4. The van der Waals surface area contributed by atoms with Crippen LogP contribution in [0.2, 0.25) is 5.15 Å². The molecule has 5 heteroatoms. The molecule has 1 aliphatic carbocycles. The Morgan fingerprint density at radius 1 is 1.41 bits per heavy atom. The molecule has 94 valence electrons. The smallest absolute Gasteiger partial charge is 0.138 e. The summed E-state index contributed by atoms with van der Waals surface area (Å²) in [4.78, 5) is 10.7. The highest BCUT2D eigenvalue weighted by molar-refractivity contribution is 6.31. The molecule has 0 unspecified atom stereocenters. The lowest BCUT2D eigenvalue weighted by Gasteiger charge is -2.27. The summed E-state index contributed by atoms with van der Waals surface area (Å²) in [6.45, 7) is 5.40. The van der Waals surface area contributed by atoms with Gasteiger partial charge in [-0.25, -0.2) is 9.97 Å². The first-order valence-electron chi connectivity index (χ1n) is 5.95. The molecule has 0 bridgehead atoms. The van der Waals surface area contributed by atoms with E-state index >= 15 is 0 Å². The van der Waals surface area contributed by atoms with E-state index in [2.05, 4.69) is 28.7 Å². The van der Waals surface area contributed by atoms with Crippen molar-refractivity contribution in [2.75, 3.05) is 11.4 Å². The van der Waals surface area contributed by atoms with Crippen molar-refractivity contribution in [2.24, 2.45) is 5.92 Å². The van der Waals surface area contributed by atoms with Gasteiger partial charge < -0.3 is 4.90 Å². The van der Waals surface area contributed by atoms with Gasteiger partial charge in [-0.1, -0.05) is 25.4 Å². The molecule has 0 amide bonds. The quantitative estimate of drug-likeness (QED) is 0.608. The topological polar surface area (TPSA) is 29.0 Å². The van der Waals surface area contributed by atoms with E-state index in [4.69, 9.17) is 23.2 Å². The van der Waals surface area contributed by atoms with Crippen molar-refractivity contribution in [3.05, 3.63) is 17.0 Å². The molecule has 0 atom stereocenters. The fourth-order valence-electron chi connectivity index (χ4n) is 1.93. The minimum atomic E-state index is 0.357. The van der Waals surface area contributed by atoms with E-state index in [-0.39, 0.29) is 0 Å². The first kappa shape index (κ1) is 12.9. The Morgan fingerprint density at radius 3 is 2.65 bits per heavy atom. The van der Waals surface area contributed by atoms with Crippen LogP contribution in [-0.2, 0) is 5.88 Å². The van der Waals surface area contributed by atoms with E-state index in [9.17, 15) is 0 Å². The number of aromatic nitrogens is 2. The first-order valence-corrected chi connectivity index (χ1v) is 6.86. The van der Waals surface area contributed by atoms with Crippen LogP contribution < -0.4 is 4.90 Å².